The molecule has 1 fully saturated rings. The second kappa shape index (κ2) is 9.45. The van der Waals surface area contributed by atoms with E-state index < -0.39 is 6.04 Å². The molecule has 3 atom stereocenters. The monoisotopic (exact) mass is 413 g/mol. The van der Waals surface area contributed by atoms with E-state index in [1.807, 2.05) is 0 Å². The highest BCUT2D eigenvalue weighted by atomic mass is 35.5. The minimum atomic E-state index is -0.540. The molecule has 2 aromatic carbocycles. The molecule has 0 spiro atoms. The summed E-state index contributed by atoms with van der Waals surface area (Å²) in [7, 11) is 0. The van der Waals surface area contributed by atoms with Gasteiger partial charge in [-0.25, -0.2) is 0 Å². The number of amides is 1. The summed E-state index contributed by atoms with van der Waals surface area (Å²) in [5.74, 6) is 0.403. The summed E-state index contributed by atoms with van der Waals surface area (Å²) in [6.07, 6.45) is 3.31. The molecule has 1 aliphatic carbocycles. The van der Waals surface area contributed by atoms with Crippen LogP contribution in [0.15, 0.2) is 42.5 Å². The van der Waals surface area contributed by atoms with Crippen LogP contribution >= 0.6 is 11.6 Å². The van der Waals surface area contributed by atoms with Gasteiger partial charge < -0.3 is 10.4 Å². The molecule has 0 aliphatic heterocycles. The Morgan fingerprint density at radius 3 is 2.76 bits per heavy atom. The number of benzene rings is 2. The zero-order valence-electron chi connectivity index (χ0n) is 17.0. The van der Waals surface area contributed by atoms with Crippen LogP contribution in [0.4, 0.5) is 0 Å². The number of carbonyl (C=O) groups excluding carboxylic acids is 2. The van der Waals surface area contributed by atoms with Crippen molar-refractivity contribution in [2.24, 2.45) is 5.92 Å². The van der Waals surface area contributed by atoms with Crippen molar-refractivity contribution in [1.82, 2.24) is 5.32 Å². The highest BCUT2D eigenvalue weighted by Gasteiger charge is 2.32. The third-order valence-corrected chi connectivity index (χ3v) is 6.08. The summed E-state index contributed by atoms with van der Waals surface area (Å²) in [5.41, 5.74) is 3.17. The van der Waals surface area contributed by atoms with Gasteiger partial charge in [0.2, 0.25) is 5.91 Å². The van der Waals surface area contributed by atoms with E-state index in [0.717, 1.165) is 19.3 Å². The Morgan fingerprint density at radius 2 is 2.00 bits per heavy atom. The van der Waals surface area contributed by atoms with Gasteiger partial charge in [-0.2, -0.15) is 0 Å². The fourth-order valence-electron chi connectivity index (χ4n) is 4.09. The molecular weight excluding hydrogens is 386 g/mol. The van der Waals surface area contributed by atoms with E-state index in [-0.39, 0.29) is 29.8 Å². The van der Waals surface area contributed by atoms with Crippen molar-refractivity contribution in [3.8, 4) is 5.75 Å². The number of hydrogen-bond acceptors (Lipinski definition) is 3. The quantitative estimate of drug-likeness (QED) is 0.675. The SMILES string of the molecule is Cc1cccc([C@H]2CC[C@@H](C(=O)N[C@@H](C)C(=O)CCc3cc(Cl)ccc3O)C2)c1. The molecule has 1 aliphatic rings. The smallest absolute Gasteiger partial charge is 0.223 e. The van der Waals surface area contributed by atoms with Gasteiger partial charge in [0.15, 0.2) is 5.78 Å². The number of phenolic OH excluding ortho intramolecular Hbond substituents is 1. The molecule has 2 N–H and O–H groups in total. The third kappa shape index (κ3) is 5.60. The molecule has 0 heterocycles. The minimum absolute atomic E-state index is 0.0356. The number of rotatable bonds is 7. The van der Waals surface area contributed by atoms with Crippen molar-refractivity contribution >= 4 is 23.3 Å². The number of ketones is 1. The lowest BCUT2D eigenvalue weighted by atomic mass is 9.95. The minimum Gasteiger partial charge on any atom is -0.508 e. The normalized spacial score (nSPS) is 19.7. The average Bonchev–Trinajstić information content (AvgIpc) is 3.19. The van der Waals surface area contributed by atoms with E-state index in [2.05, 4.69) is 36.5 Å². The van der Waals surface area contributed by atoms with E-state index in [0.29, 0.717) is 22.9 Å². The van der Waals surface area contributed by atoms with E-state index in [9.17, 15) is 14.7 Å². The molecule has 0 radical (unpaired) electrons. The lowest BCUT2D eigenvalue weighted by Gasteiger charge is -2.17. The molecule has 29 heavy (non-hydrogen) atoms. The molecule has 1 amide bonds. The summed E-state index contributed by atoms with van der Waals surface area (Å²) < 4.78 is 0. The van der Waals surface area contributed by atoms with Crippen molar-refractivity contribution in [2.75, 3.05) is 0 Å². The standard InChI is InChI=1S/C24H28ClNO3/c1-15-4-3-5-17(12-15)18-6-7-20(13-18)24(29)26-16(2)22(27)10-8-19-14-21(25)9-11-23(19)28/h3-5,9,11-12,14,16,18,20,28H,6-8,10,13H2,1-2H3,(H,26,29)/t16-,18-,20+/m0/s1. The zero-order chi connectivity index (χ0) is 21.0. The molecule has 5 heteroatoms. The summed E-state index contributed by atoms with van der Waals surface area (Å²) in [6, 6.07) is 12.7. The number of aromatic hydroxyl groups is 1. The van der Waals surface area contributed by atoms with Crippen molar-refractivity contribution in [3.63, 3.8) is 0 Å². The van der Waals surface area contributed by atoms with Crippen LogP contribution in [-0.4, -0.2) is 22.8 Å². The van der Waals surface area contributed by atoms with E-state index in [1.165, 1.54) is 17.2 Å². The second-order valence-electron chi connectivity index (χ2n) is 8.09. The molecule has 0 saturated heterocycles. The number of carbonyl (C=O) groups is 2. The maximum atomic E-state index is 12.7. The van der Waals surface area contributed by atoms with Crippen LogP contribution in [-0.2, 0) is 16.0 Å². The summed E-state index contributed by atoms with van der Waals surface area (Å²) in [5, 5.41) is 13.3. The van der Waals surface area contributed by atoms with Crippen LogP contribution < -0.4 is 5.32 Å². The Balaban J connectivity index is 1.49. The molecule has 0 bridgehead atoms. The number of aryl methyl sites for hydroxylation is 2. The Hall–Kier alpha value is -2.33. The van der Waals surface area contributed by atoms with E-state index in [1.54, 1.807) is 19.1 Å². The fourth-order valence-corrected chi connectivity index (χ4v) is 4.28. The first-order valence-electron chi connectivity index (χ1n) is 10.2. The Labute approximate surface area is 177 Å². The number of Topliss-reactive ketones (excluding diaryl/α,β-unsaturated/α-hetero) is 1. The maximum Gasteiger partial charge on any atom is 0.223 e. The maximum absolute atomic E-state index is 12.7. The average molecular weight is 414 g/mol. The number of halogens is 1. The third-order valence-electron chi connectivity index (χ3n) is 5.84. The van der Waals surface area contributed by atoms with Crippen LogP contribution in [0.3, 0.4) is 0 Å². The van der Waals surface area contributed by atoms with Crippen molar-refractivity contribution in [1.29, 1.82) is 0 Å². The first-order valence-corrected chi connectivity index (χ1v) is 10.6. The van der Waals surface area contributed by atoms with E-state index >= 15 is 0 Å². The lowest BCUT2D eigenvalue weighted by molar-refractivity contribution is -0.129. The molecule has 1 saturated carbocycles. The summed E-state index contributed by atoms with van der Waals surface area (Å²) >= 11 is 5.95. The van der Waals surface area contributed by atoms with Crippen LogP contribution in [0, 0.1) is 12.8 Å². The fraction of sp³-hybridized carbons (Fsp3) is 0.417. The summed E-state index contributed by atoms with van der Waals surface area (Å²) in [6.45, 7) is 3.81. The van der Waals surface area contributed by atoms with Gasteiger partial charge in [-0.05, 0) is 74.8 Å². The lowest BCUT2D eigenvalue weighted by Crippen LogP contribution is -2.41. The Morgan fingerprint density at radius 1 is 1.21 bits per heavy atom. The van der Waals surface area contributed by atoms with Crippen molar-refractivity contribution in [3.05, 3.63) is 64.2 Å². The van der Waals surface area contributed by atoms with Gasteiger partial charge in [0.1, 0.15) is 5.75 Å². The predicted molar refractivity (Wildman–Crippen MR) is 115 cm³/mol. The zero-order valence-corrected chi connectivity index (χ0v) is 17.7. The van der Waals surface area contributed by atoms with Gasteiger partial charge >= 0.3 is 0 Å². The van der Waals surface area contributed by atoms with Gasteiger partial charge in [0, 0.05) is 17.4 Å². The van der Waals surface area contributed by atoms with Crippen molar-refractivity contribution < 1.29 is 14.7 Å². The topological polar surface area (TPSA) is 66.4 Å². The predicted octanol–water partition coefficient (Wildman–Crippen LogP) is 4.94. The molecule has 154 valence electrons. The van der Waals surface area contributed by atoms with E-state index in [4.69, 9.17) is 11.6 Å². The number of phenols is 1. The Bertz CT molecular complexity index is 895. The van der Waals surface area contributed by atoms with Crippen molar-refractivity contribution in [2.45, 2.75) is 57.9 Å². The van der Waals surface area contributed by atoms with Gasteiger partial charge in [0.05, 0.1) is 6.04 Å². The highest BCUT2D eigenvalue weighted by molar-refractivity contribution is 6.30. The van der Waals surface area contributed by atoms with Gasteiger partial charge in [-0.15, -0.1) is 0 Å². The molecule has 0 aromatic heterocycles. The van der Waals surface area contributed by atoms with Gasteiger partial charge in [-0.3, -0.25) is 9.59 Å². The first kappa shape index (κ1) is 21.4. The van der Waals surface area contributed by atoms with Gasteiger partial charge in [0.25, 0.3) is 0 Å². The first-order chi connectivity index (χ1) is 13.8. The highest BCUT2D eigenvalue weighted by Crippen LogP contribution is 2.38. The number of hydrogen-bond donors (Lipinski definition) is 2. The molecular formula is C24H28ClNO3. The molecule has 0 unspecified atom stereocenters. The molecule has 3 rings (SSSR count). The van der Waals surface area contributed by atoms with Crippen LogP contribution in [0.1, 0.15) is 55.2 Å². The Kier molecular flexibility index (Phi) is 6.96. The van der Waals surface area contributed by atoms with Gasteiger partial charge in [-0.1, -0.05) is 41.4 Å². The van der Waals surface area contributed by atoms with Crippen LogP contribution in [0.5, 0.6) is 5.75 Å². The molecule has 2 aromatic rings. The van der Waals surface area contributed by atoms with Crippen LogP contribution in [0.25, 0.3) is 0 Å². The second-order valence-corrected chi connectivity index (χ2v) is 8.53. The summed E-state index contributed by atoms with van der Waals surface area (Å²) in [4.78, 5) is 25.1. The van der Waals surface area contributed by atoms with Crippen LogP contribution in [0.2, 0.25) is 5.02 Å². The molecule has 4 nitrogen and oxygen atoms in total. The largest absolute Gasteiger partial charge is 0.508 e. The number of nitrogens with one attached hydrogen (secondary N) is 1.